The molecule has 4 atom stereocenters. The summed E-state index contributed by atoms with van der Waals surface area (Å²) in [4.78, 5) is 0. The van der Waals surface area contributed by atoms with E-state index in [2.05, 4.69) is 0 Å². The third-order valence-corrected chi connectivity index (χ3v) is 3.86. The van der Waals surface area contributed by atoms with Crippen LogP contribution < -0.4 is 0 Å². The average molecular weight is 326 g/mol. The Labute approximate surface area is 136 Å². The minimum Gasteiger partial charge on any atom is -0.509 e. The van der Waals surface area contributed by atoms with Crippen molar-refractivity contribution in [2.45, 2.75) is 51.1 Å². The molecular formula is C17H26O6. The van der Waals surface area contributed by atoms with Gasteiger partial charge in [-0.25, -0.2) is 0 Å². The summed E-state index contributed by atoms with van der Waals surface area (Å²) >= 11 is 0. The molecule has 130 valence electrons. The van der Waals surface area contributed by atoms with E-state index in [-0.39, 0.29) is 0 Å². The molecule has 1 rings (SSSR count). The van der Waals surface area contributed by atoms with Crippen LogP contribution in [-0.4, -0.2) is 61.7 Å². The van der Waals surface area contributed by atoms with Gasteiger partial charge >= 0.3 is 0 Å². The van der Waals surface area contributed by atoms with Gasteiger partial charge in [0.2, 0.25) is 0 Å². The van der Waals surface area contributed by atoms with Crippen LogP contribution in [0.3, 0.4) is 0 Å². The molecule has 1 aromatic rings. The largest absolute Gasteiger partial charge is 0.509 e. The van der Waals surface area contributed by atoms with E-state index in [4.69, 9.17) is 5.11 Å². The maximum absolute atomic E-state index is 10.0. The first-order valence-electron chi connectivity index (χ1n) is 7.71. The Bertz CT molecular complexity index is 528. The Morgan fingerprint density at radius 1 is 1.04 bits per heavy atom. The van der Waals surface area contributed by atoms with Crippen molar-refractivity contribution in [3.05, 3.63) is 40.6 Å². The maximum atomic E-state index is 10.0. The molecule has 0 bridgehead atoms. The highest BCUT2D eigenvalue weighted by atomic mass is 16.4. The Morgan fingerprint density at radius 3 is 2.22 bits per heavy atom. The van der Waals surface area contributed by atoms with Crippen molar-refractivity contribution in [2.75, 3.05) is 6.61 Å². The second kappa shape index (κ2) is 9.00. The van der Waals surface area contributed by atoms with Crippen molar-refractivity contribution in [2.24, 2.45) is 0 Å². The zero-order valence-corrected chi connectivity index (χ0v) is 13.4. The third kappa shape index (κ3) is 5.02. The first kappa shape index (κ1) is 19.6. The molecule has 0 aliphatic carbocycles. The number of aliphatic hydroxyl groups excluding tert-OH is 6. The van der Waals surface area contributed by atoms with Crippen LogP contribution in [0.25, 0.3) is 6.08 Å². The van der Waals surface area contributed by atoms with Crippen LogP contribution >= 0.6 is 0 Å². The zero-order chi connectivity index (χ0) is 17.6. The smallest absolute Gasteiger partial charge is 0.139 e. The molecule has 1 aromatic carbocycles. The lowest BCUT2D eigenvalue weighted by molar-refractivity contribution is -0.112. The lowest BCUT2D eigenvalue weighted by atomic mass is 9.97. The molecule has 0 aromatic heterocycles. The van der Waals surface area contributed by atoms with Gasteiger partial charge in [-0.15, -0.1) is 0 Å². The van der Waals surface area contributed by atoms with E-state index >= 15 is 0 Å². The quantitative estimate of drug-likeness (QED) is 0.378. The standard InChI is InChI=1S/C17H26O6/c1-3-10-5-6-11(4-2)12(7-10)8-13(19)15(21)17(23)16(22)14(20)9-18/h5-8,14-23H,3-4,9H2,1-2H3/t14-,15+,16-,17-/m1/s1. The molecule has 0 fully saturated rings. The fourth-order valence-electron chi connectivity index (χ4n) is 2.26. The van der Waals surface area contributed by atoms with Gasteiger partial charge in [-0.3, -0.25) is 0 Å². The second-order valence-corrected chi connectivity index (χ2v) is 5.49. The van der Waals surface area contributed by atoms with Crippen LogP contribution in [0, 0.1) is 0 Å². The van der Waals surface area contributed by atoms with Crippen LogP contribution in [0.5, 0.6) is 0 Å². The van der Waals surface area contributed by atoms with E-state index in [9.17, 15) is 25.5 Å². The van der Waals surface area contributed by atoms with Crippen LogP contribution in [0.1, 0.15) is 30.5 Å². The zero-order valence-electron chi connectivity index (χ0n) is 13.4. The summed E-state index contributed by atoms with van der Waals surface area (Å²) in [5, 5.41) is 57.4. The molecule has 0 unspecified atom stereocenters. The maximum Gasteiger partial charge on any atom is 0.139 e. The summed E-state index contributed by atoms with van der Waals surface area (Å²) in [6, 6.07) is 5.80. The van der Waals surface area contributed by atoms with E-state index in [1.807, 2.05) is 32.0 Å². The second-order valence-electron chi connectivity index (χ2n) is 5.49. The van der Waals surface area contributed by atoms with Gasteiger partial charge < -0.3 is 30.6 Å². The molecule has 0 heterocycles. The monoisotopic (exact) mass is 326 g/mol. The van der Waals surface area contributed by atoms with Crippen molar-refractivity contribution in [1.82, 2.24) is 0 Å². The van der Waals surface area contributed by atoms with E-state index in [0.717, 1.165) is 24.0 Å². The Kier molecular flexibility index (Phi) is 7.67. The minimum atomic E-state index is -1.83. The molecule has 0 amide bonds. The summed E-state index contributed by atoms with van der Waals surface area (Å²) in [6.07, 6.45) is -4.11. The molecule has 0 radical (unpaired) electrons. The summed E-state index contributed by atoms with van der Waals surface area (Å²) in [6.45, 7) is 3.19. The van der Waals surface area contributed by atoms with Gasteiger partial charge in [-0.1, -0.05) is 32.0 Å². The number of rotatable bonds is 8. The Balaban J connectivity index is 3.03. The highest BCUT2D eigenvalue weighted by Gasteiger charge is 2.32. The lowest BCUT2D eigenvalue weighted by Crippen LogP contribution is -2.46. The molecule has 0 aliphatic heterocycles. The van der Waals surface area contributed by atoms with Crippen molar-refractivity contribution in [3.8, 4) is 0 Å². The fraction of sp³-hybridized carbons (Fsp3) is 0.529. The highest BCUT2D eigenvalue weighted by Crippen LogP contribution is 2.19. The van der Waals surface area contributed by atoms with E-state index in [1.165, 1.54) is 6.08 Å². The molecule has 6 nitrogen and oxygen atoms in total. The van der Waals surface area contributed by atoms with Gasteiger partial charge in [-0.05, 0) is 35.6 Å². The summed E-state index contributed by atoms with van der Waals surface area (Å²) in [5.74, 6) is -0.523. The highest BCUT2D eigenvalue weighted by molar-refractivity contribution is 5.57. The van der Waals surface area contributed by atoms with Crippen molar-refractivity contribution in [1.29, 1.82) is 0 Å². The molecule has 0 aliphatic rings. The summed E-state index contributed by atoms with van der Waals surface area (Å²) < 4.78 is 0. The van der Waals surface area contributed by atoms with E-state index < -0.39 is 36.8 Å². The van der Waals surface area contributed by atoms with Crippen LogP contribution in [0.2, 0.25) is 0 Å². The van der Waals surface area contributed by atoms with E-state index in [0.29, 0.717) is 5.56 Å². The van der Waals surface area contributed by atoms with Crippen molar-refractivity contribution in [3.63, 3.8) is 0 Å². The topological polar surface area (TPSA) is 121 Å². The third-order valence-electron chi connectivity index (χ3n) is 3.86. The summed E-state index contributed by atoms with van der Waals surface area (Å²) in [5.41, 5.74) is 2.74. The molecule has 6 heteroatoms. The van der Waals surface area contributed by atoms with Crippen LogP contribution in [0.15, 0.2) is 24.0 Å². The molecule has 0 saturated carbocycles. The van der Waals surface area contributed by atoms with Gasteiger partial charge in [0.05, 0.1) is 6.61 Å². The van der Waals surface area contributed by atoms with Crippen molar-refractivity contribution < 1.29 is 30.6 Å². The van der Waals surface area contributed by atoms with Gasteiger partial charge in [-0.2, -0.15) is 0 Å². The Hall–Kier alpha value is -1.44. The number of hydrogen-bond acceptors (Lipinski definition) is 6. The molecular weight excluding hydrogens is 300 g/mol. The molecule has 0 saturated heterocycles. The predicted molar refractivity (Wildman–Crippen MR) is 86.9 cm³/mol. The lowest BCUT2D eigenvalue weighted by Gasteiger charge is -2.25. The number of benzene rings is 1. The Morgan fingerprint density at radius 2 is 1.70 bits per heavy atom. The fourth-order valence-corrected chi connectivity index (χ4v) is 2.26. The summed E-state index contributed by atoms with van der Waals surface area (Å²) in [7, 11) is 0. The first-order valence-corrected chi connectivity index (χ1v) is 7.71. The normalized spacial score (nSPS) is 17.6. The van der Waals surface area contributed by atoms with Gasteiger partial charge in [0.15, 0.2) is 0 Å². The number of aryl methyl sites for hydroxylation is 2. The van der Waals surface area contributed by atoms with Gasteiger partial charge in [0.1, 0.15) is 30.2 Å². The predicted octanol–water partition coefficient (Wildman–Crippen LogP) is 0.146. The molecule has 23 heavy (non-hydrogen) atoms. The number of aliphatic hydroxyl groups is 6. The van der Waals surface area contributed by atoms with Crippen LogP contribution in [0.4, 0.5) is 0 Å². The van der Waals surface area contributed by atoms with E-state index in [1.54, 1.807) is 0 Å². The minimum absolute atomic E-state index is 0.523. The SMILES string of the molecule is CCc1ccc(CC)c(C=C(O)[C@H](O)[C@@H](O)[C@H](O)[C@H](O)CO)c1. The number of hydrogen-bond donors (Lipinski definition) is 6. The van der Waals surface area contributed by atoms with Gasteiger partial charge in [0.25, 0.3) is 0 Å². The molecule has 6 N–H and O–H groups in total. The first-order chi connectivity index (χ1) is 10.8. The van der Waals surface area contributed by atoms with Gasteiger partial charge in [0, 0.05) is 0 Å². The average Bonchev–Trinajstić information content (AvgIpc) is 2.58. The van der Waals surface area contributed by atoms with Crippen molar-refractivity contribution >= 4 is 6.08 Å². The molecule has 0 spiro atoms. The van der Waals surface area contributed by atoms with Crippen LogP contribution in [-0.2, 0) is 12.8 Å².